The van der Waals surface area contributed by atoms with Gasteiger partial charge >= 0.3 is 12.2 Å². The SMILES string of the molecule is CN(CCCN(C(=O)OC(C)(C)C)c1c(Br)ccn(C)c1=O)C(=O)OC(C)(C)C. The molecule has 2 amide bonds. The molecule has 0 saturated heterocycles. The molecule has 29 heavy (non-hydrogen) atoms. The summed E-state index contributed by atoms with van der Waals surface area (Å²) in [6, 6.07) is 1.70. The molecule has 0 aromatic carbocycles. The molecule has 1 heterocycles. The number of carbonyl (C=O) groups excluding carboxylic acids is 2. The van der Waals surface area contributed by atoms with Crippen molar-refractivity contribution >= 4 is 33.8 Å². The number of rotatable bonds is 5. The van der Waals surface area contributed by atoms with E-state index in [4.69, 9.17) is 9.47 Å². The number of anilines is 1. The maximum absolute atomic E-state index is 12.8. The minimum Gasteiger partial charge on any atom is -0.444 e. The number of nitrogens with zero attached hydrogens (tertiary/aromatic N) is 3. The van der Waals surface area contributed by atoms with Gasteiger partial charge in [-0.05, 0) is 70.0 Å². The molecule has 0 aliphatic rings. The van der Waals surface area contributed by atoms with E-state index in [2.05, 4.69) is 15.9 Å². The third-order valence-electron chi connectivity index (χ3n) is 3.66. The molecule has 1 aromatic heterocycles. The molecule has 9 heteroatoms. The highest BCUT2D eigenvalue weighted by molar-refractivity contribution is 9.10. The Bertz CT molecular complexity index is 793. The van der Waals surface area contributed by atoms with Crippen molar-refractivity contribution < 1.29 is 19.1 Å². The molecule has 8 nitrogen and oxygen atoms in total. The summed E-state index contributed by atoms with van der Waals surface area (Å²) in [6.45, 7) is 11.2. The largest absolute Gasteiger partial charge is 0.444 e. The first-order valence-corrected chi connectivity index (χ1v) is 10.2. The number of pyridine rings is 1. The molecule has 0 radical (unpaired) electrons. The highest BCUT2D eigenvalue weighted by Gasteiger charge is 2.27. The van der Waals surface area contributed by atoms with E-state index in [9.17, 15) is 14.4 Å². The molecule has 1 rings (SSSR count). The van der Waals surface area contributed by atoms with Gasteiger partial charge in [-0.2, -0.15) is 0 Å². The molecule has 0 aliphatic carbocycles. The lowest BCUT2D eigenvalue weighted by atomic mass is 10.2. The predicted molar refractivity (Wildman–Crippen MR) is 116 cm³/mol. The molecule has 164 valence electrons. The first kappa shape index (κ1) is 25.0. The Morgan fingerprint density at radius 2 is 1.55 bits per heavy atom. The lowest BCUT2D eigenvalue weighted by Gasteiger charge is -2.29. The van der Waals surface area contributed by atoms with Crippen LogP contribution in [0.15, 0.2) is 21.5 Å². The first-order valence-electron chi connectivity index (χ1n) is 9.42. The molecule has 0 saturated carbocycles. The Kier molecular flexibility index (Phi) is 8.32. The summed E-state index contributed by atoms with van der Waals surface area (Å²) in [5, 5.41) is 0. The number of hydrogen-bond acceptors (Lipinski definition) is 5. The molecule has 0 fully saturated rings. The monoisotopic (exact) mass is 473 g/mol. The van der Waals surface area contributed by atoms with Crippen LogP contribution in [0.4, 0.5) is 15.3 Å². The van der Waals surface area contributed by atoms with Crippen molar-refractivity contribution in [3.63, 3.8) is 0 Å². The molecule has 0 aliphatic heterocycles. The van der Waals surface area contributed by atoms with Crippen molar-refractivity contribution in [2.75, 3.05) is 25.0 Å². The quantitative estimate of drug-likeness (QED) is 0.641. The number of amides is 2. The van der Waals surface area contributed by atoms with E-state index in [1.165, 1.54) is 14.4 Å². The molecular formula is C20H32BrN3O5. The van der Waals surface area contributed by atoms with E-state index in [1.807, 2.05) is 0 Å². The Balaban J connectivity index is 3.01. The van der Waals surface area contributed by atoms with E-state index in [-0.39, 0.29) is 17.8 Å². The van der Waals surface area contributed by atoms with Crippen LogP contribution in [0.1, 0.15) is 48.0 Å². The summed E-state index contributed by atoms with van der Waals surface area (Å²) in [4.78, 5) is 40.3. The minimum absolute atomic E-state index is 0.194. The molecular weight excluding hydrogens is 442 g/mol. The van der Waals surface area contributed by atoms with Crippen molar-refractivity contribution in [1.82, 2.24) is 9.47 Å². The van der Waals surface area contributed by atoms with Gasteiger partial charge in [-0.1, -0.05) is 0 Å². The third-order valence-corrected chi connectivity index (χ3v) is 4.30. The molecule has 1 aromatic rings. The zero-order chi connectivity index (χ0) is 22.6. The Morgan fingerprint density at radius 1 is 1.03 bits per heavy atom. The van der Waals surface area contributed by atoms with Crippen molar-refractivity contribution in [2.45, 2.75) is 59.2 Å². The zero-order valence-corrected chi connectivity index (χ0v) is 20.1. The lowest BCUT2D eigenvalue weighted by molar-refractivity contribution is 0.0298. The summed E-state index contributed by atoms with van der Waals surface area (Å²) < 4.78 is 12.7. The van der Waals surface area contributed by atoms with Gasteiger partial charge in [-0.3, -0.25) is 9.69 Å². The number of carbonyl (C=O) groups is 2. The average molecular weight is 474 g/mol. The van der Waals surface area contributed by atoms with Gasteiger partial charge in [-0.15, -0.1) is 0 Å². The number of aromatic nitrogens is 1. The molecule has 0 bridgehead atoms. The van der Waals surface area contributed by atoms with Crippen molar-refractivity contribution in [3.8, 4) is 0 Å². The number of aryl methyl sites for hydroxylation is 1. The van der Waals surface area contributed by atoms with E-state index in [0.717, 1.165) is 0 Å². The van der Waals surface area contributed by atoms with Gasteiger partial charge in [0.25, 0.3) is 5.56 Å². The summed E-state index contributed by atoms with van der Waals surface area (Å²) >= 11 is 3.36. The summed E-state index contributed by atoms with van der Waals surface area (Å²) in [5.41, 5.74) is -1.43. The average Bonchev–Trinajstić information content (AvgIpc) is 2.53. The second-order valence-corrected chi connectivity index (χ2v) is 9.67. The molecule has 0 unspecified atom stereocenters. The maximum atomic E-state index is 12.8. The fourth-order valence-electron chi connectivity index (χ4n) is 2.35. The first-order chi connectivity index (χ1) is 13.1. The van der Waals surface area contributed by atoms with Gasteiger partial charge in [-0.25, -0.2) is 9.59 Å². The van der Waals surface area contributed by atoms with Crippen LogP contribution in [0, 0.1) is 0 Å². The van der Waals surface area contributed by atoms with Crippen LogP contribution < -0.4 is 10.5 Å². The van der Waals surface area contributed by atoms with Crippen LogP contribution in [0.2, 0.25) is 0 Å². The second-order valence-electron chi connectivity index (χ2n) is 8.82. The number of ether oxygens (including phenoxy) is 2. The third kappa shape index (κ3) is 8.08. The Hall–Kier alpha value is -2.03. The molecule has 0 spiro atoms. The maximum Gasteiger partial charge on any atom is 0.415 e. The normalized spacial score (nSPS) is 11.8. The minimum atomic E-state index is -0.713. The fourth-order valence-corrected chi connectivity index (χ4v) is 2.85. The predicted octanol–water partition coefficient (Wildman–Crippen LogP) is 4.15. The van der Waals surface area contributed by atoms with Gasteiger partial charge in [0.05, 0.1) is 0 Å². The Labute approximate surface area is 180 Å². The summed E-state index contributed by atoms with van der Waals surface area (Å²) in [6.07, 6.45) is 0.971. The second kappa shape index (κ2) is 9.65. The highest BCUT2D eigenvalue weighted by Crippen LogP contribution is 2.24. The standard InChI is InChI=1S/C20H32BrN3O5/c1-19(2,3)28-17(26)23(8)11-9-12-24(18(27)29-20(4,5)6)15-14(21)10-13-22(7)16(15)25/h10,13H,9,11-12H2,1-8H3. The van der Waals surface area contributed by atoms with Crippen LogP contribution in [-0.4, -0.2) is 53.0 Å². The van der Waals surface area contributed by atoms with Gasteiger partial charge < -0.3 is 18.9 Å². The van der Waals surface area contributed by atoms with Gasteiger partial charge in [0.2, 0.25) is 0 Å². The molecule has 0 atom stereocenters. The highest BCUT2D eigenvalue weighted by atomic mass is 79.9. The van der Waals surface area contributed by atoms with E-state index < -0.39 is 23.4 Å². The van der Waals surface area contributed by atoms with Gasteiger partial charge in [0.1, 0.15) is 16.9 Å². The Morgan fingerprint density at radius 3 is 2.07 bits per heavy atom. The van der Waals surface area contributed by atoms with Crippen LogP contribution in [0.5, 0.6) is 0 Å². The van der Waals surface area contributed by atoms with E-state index in [0.29, 0.717) is 17.4 Å². The van der Waals surface area contributed by atoms with Gasteiger partial charge in [0.15, 0.2) is 0 Å². The molecule has 0 N–H and O–H groups in total. The van der Waals surface area contributed by atoms with Crippen LogP contribution >= 0.6 is 15.9 Å². The summed E-state index contributed by atoms with van der Waals surface area (Å²) in [7, 11) is 3.24. The number of hydrogen-bond donors (Lipinski definition) is 0. The fraction of sp³-hybridized carbons (Fsp3) is 0.650. The smallest absolute Gasteiger partial charge is 0.415 e. The number of halogens is 1. The topological polar surface area (TPSA) is 81.1 Å². The summed E-state index contributed by atoms with van der Waals surface area (Å²) in [5.74, 6) is 0. The van der Waals surface area contributed by atoms with Crippen LogP contribution in [-0.2, 0) is 16.5 Å². The van der Waals surface area contributed by atoms with E-state index >= 15 is 0 Å². The van der Waals surface area contributed by atoms with Crippen molar-refractivity contribution in [2.24, 2.45) is 7.05 Å². The van der Waals surface area contributed by atoms with Crippen LogP contribution in [0.3, 0.4) is 0 Å². The zero-order valence-electron chi connectivity index (χ0n) is 18.5. The van der Waals surface area contributed by atoms with Crippen LogP contribution in [0.25, 0.3) is 0 Å². The van der Waals surface area contributed by atoms with Crippen molar-refractivity contribution in [3.05, 3.63) is 27.1 Å². The lowest BCUT2D eigenvalue weighted by Crippen LogP contribution is -2.42. The van der Waals surface area contributed by atoms with Gasteiger partial charge in [0, 0.05) is 37.9 Å². The van der Waals surface area contributed by atoms with E-state index in [1.54, 1.807) is 67.9 Å². The van der Waals surface area contributed by atoms with Crippen molar-refractivity contribution in [1.29, 1.82) is 0 Å².